The van der Waals surface area contributed by atoms with Crippen LogP contribution in [-0.2, 0) is 11.2 Å². The Morgan fingerprint density at radius 1 is 1.19 bits per heavy atom. The molecule has 1 aliphatic heterocycles. The number of methoxy groups -OCH3 is 1. The van der Waals surface area contributed by atoms with Gasteiger partial charge in [-0.05, 0) is 55.8 Å². The monoisotopic (exact) mass is 513 g/mol. The van der Waals surface area contributed by atoms with Crippen LogP contribution in [0.1, 0.15) is 18.1 Å². The minimum absolute atomic E-state index is 0.0981. The van der Waals surface area contributed by atoms with Crippen LogP contribution in [0.2, 0.25) is 0 Å². The van der Waals surface area contributed by atoms with E-state index < -0.39 is 11.7 Å². The smallest absolute Gasteiger partial charge is 0.411 e. The number of amides is 1. The number of rotatable bonds is 5. The van der Waals surface area contributed by atoms with Gasteiger partial charge in [-0.2, -0.15) is 0 Å². The highest BCUT2D eigenvalue weighted by atomic mass is 32.1. The van der Waals surface area contributed by atoms with Crippen LogP contribution in [0.25, 0.3) is 31.8 Å². The van der Waals surface area contributed by atoms with Crippen molar-refractivity contribution in [2.24, 2.45) is 0 Å². The van der Waals surface area contributed by atoms with E-state index in [0.717, 1.165) is 48.7 Å². The number of carbonyl (C=O) groups excluding carboxylic acids is 1. The molecule has 1 aliphatic rings. The minimum Gasteiger partial charge on any atom is -0.483 e. The van der Waals surface area contributed by atoms with E-state index in [0.29, 0.717) is 18.0 Å². The SMILES string of the molecule is COc1cnc2c(-c3nc4ccc5c(c4s3)C[C@](C)(COC(=O)Nc3cccnc3)O5)cc(C)cc2n1. The number of nitrogens with one attached hydrogen (secondary N) is 1. The van der Waals surface area contributed by atoms with Crippen LogP contribution in [0.15, 0.2) is 55.0 Å². The van der Waals surface area contributed by atoms with Crippen molar-refractivity contribution in [1.82, 2.24) is 19.9 Å². The van der Waals surface area contributed by atoms with Gasteiger partial charge in [-0.1, -0.05) is 0 Å². The highest BCUT2D eigenvalue weighted by Gasteiger charge is 2.38. The molecule has 1 atom stereocenters. The summed E-state index contributed by atoms with van der Waals surface area (Å²) < 4.78 is 18.0. The Bertz CT molecular complexity index is 1660. The molecule has 3 aromatic heterocycles. The van der Waals surface area contributed by atoms with E-state index in [1.165, 1.54) is 0 Å². The zero-order chi connectivity index (χ0) is 25.6. The summed E-state index contributed by atoms with van der Waals surface area (Å²) in [7, 11) is 1.58. The van der Waals surface area contributed by atoms with E-state index in [9.17, 15) is 4.79 Å². The molecule has 2 aromatic carbocycles. The summed E-state index contributed by atoms with van der Waals surface area (Å²) in [4.78, 5) is 30.4. The standard InChI is InChI=1S/C27H23N5O4S/c1-15-9-17(23-20(10-15)31-22(34-3)13-29-23)25-32-19-6-7-21-18(24(19)37-25)11-27(2,36-21)14-35-26(33)30-16-5-4-8-28-12-16/h4-10,12-13H,11,14H2,1-3H3,(H,30,33)/t27-/m1/s1. The van der Waals surface area contributed by atoms with Crippen LogP contribution < -0.4 is 14.8 Å². The number of hydrogen-bond donors (Lipinski definition) is 1. The molecule has 0 unspecified atom stereocenters. The van der Waals surface area contributed by atoms with E-state index in [4.69, 9.17) is 19.2 Å². The summed E-state index contributed by atoms with van der Waals surface area (Å²) in [5.41, 5.74) is 5.35. The second kappa shape index (κ2) is 8.97. The van der Waals surface area contributed by atoms with Crippen LogP contribution in [-0.4, -0.2) is 45.3 Å². The van der Waals surface area contributed by atoms with Gasteiger partial charge in [0, 0.05) is 23.7 Å². The molecule has 9 nitrogen and oxygen atoms in total. The Morgan fingerprint density at radius 2 is 2.08 bits per heavy atom. The molecule has 0 bridgehead atoms. The van der Waals surface area contributed by atoms with Gasteiger partial charge in [0.05, 0.1) is 46.4 Å². The second-order valence-corrected chi connectivity index (χ2v) is 10.2. The van der Waals surface area contributed by atoms with Crippen LogP contribution in [0.4, 0.5) is 10.5 Å². The first-order valence-electron chi connectivity index (χ1n) is 11.7. The lowest BCUT2D eigenvalue weighted by atomic mass is 10.00. The van der Waals surface area contributed by atoms with Crippen molar-refractivity contribution in [1.29, 1.82) is 0 Å². The maximum atomic E-state index is 12.3. The molecule has 186 valence electrons. The topological polar surface area (TPSA) is 108 Å². The molecule has 4 heterocycles. The van der Waals surface area contributed by atoms with Crippen LogP contribution in [0, 0.1) is 6.92 Å². The molecule has 1 N–H and O–H groups in total. The van der Waals surface area contributed by atoms with E-state index in [1.807, 2.05) is 32.0 Å². The maximum Gasteiger partial charge on any atom is 0.411 e. The number of anilines is 1. The first-order chi connectivity index (χ1) is 17.9. The van der Waals surface area contributed by atoms with Crippen LogP contribution >= 0.6 is 11.3 Å². The molecule has 5 aromatic rings. The highest BCUT2D eigenvalue weighted by Crippen LogP contribution is 2.44. The van der Waals surface area contributed by atoms with Gasteiger partial charge >= 0.3 is 6.09 Å². The molecule has 0 fully saturated rings. The number of fused-ring (bicyclic) bond motifs is 4. The van der Waals surface area contributed by atoms with E-state index in [2.05, 4.69) is 26.3 Å². The van der Waals surface area contributed by atoms with Crippen molar-refractivity contribution in [2.45, 2.75) is 25.9 Å². The summed E-state index contributed by atoms with van der Waals surface area (Å²) in [6.07, 6.45) is 4.85. The molecular weight excluding hydrogens is 490 g/mol. The quantitative estimate of drug-likeness (QED) is 0.325. The first-order valence-corrected chi connectivity index (χ1v) is 12.5. The van der Waals surface area contributed by atoms with Gasteiger partial charge in [0.1, 0.15) is 23.0 Å². The van der Waals surface area contributed by atoms with Crippen molar-refractivity contribution < 1.29 is 19.0 Å². The van der Waals surface area contributed by atoms with Gasteiger partial charge in [-0.25, -0.2) is 19.7 Å². The van der Waals surface area contributed by atoms with Gasteiger partial charge in [-0.15, -0.1) is 11.3 Å². The van der Waals surface area contributed by atoms with Crippen LogP contribution in [0.5, 0.6) is 11.6 Å². The van der Waals surface area contributed by atoms with E-state index in [1.54, 1.807) is 49.2 Å². The summed E-state index contributed by atoms with van der Waals surface area (Å²) in [5.74, 6) is 1.25. The highest BCUT2D eigenvalue weighted by molar-refractivity contribution is 7.22. The Balaban J connectivity index is 1.27. The third-order valence-electron chi connectivity index (χ3n) is 6.15. The zero-order valence-corrected chi connectivity index (χ0v) is 21.3. The fourth-order valence-electron chi connectivity index (χ4n) is 4.48. The van der Waals surface area contributed by atoms with Gasteiger partial charge in [-0.3, -0.25) is 10.3 Å². The molecule has 0 spiro atoms. The average Bonchev–Trinajstić information content (AvgIpc) is 3.48. The molecule has 1 amide bonds. The fraction of sp³-hybridized carbons (Fsp3) is 0.222. The molecule has 10 heteroatoms. The van der Waals surface area contributed by atoms with Crippen molar-refractivity contribution in [3.8, 4) is 22.2 Å². The third-order valence-corrected chi connectivity index (χ3v) is 7.31. The summed E-state index contributed by atoms with van der Waals surface area (Å²) in [6.45, 7) is 4.06. The summed E-state index contributed by atoms with van der Waals surface area (Å²) in [6, 6.07) is 11.4. The summed E-state index contributed by atoms with van der Waals surface area (Å²) >= 11 is 1.60. The van der Waals surface area contributed by atoms with E-state index >= 15 is 0 Å². The number of ether oxygens (including phenoxy) is 3. The molecule has 0 saturated heterocycles. The molecule has 0 saturated carbocycles. The number of pyridine rings is 1. The minimum atomic E-state index is -0.689. The number of aromatic nitrogens is 4. The predicted molar refractivity (Wildman–Crippen MR) is 141 cm³/mol. The molecule has 6 rings (SSSR count). The van der Waals surface area contributed by atoms with Gasteiger partial charge in [0.15, 0.2) is 0 Å². The number of hydrogen-bond acceptors (Lipinski definition) is 9. The van der Waals surface area contributed by atoms with Crippen LogP contribution in [0.3, 0.4) is 0 Å². The normalized spacial score (nSPS) is 16.4. The predicted octanol–water partition coefficient (Wildman–Crippen LogP) is 5.56. The molecule has 37 heavy (non-hydrogen) atoms. The number of thiazole rings is 1. The number of nitrogens with zero attached hydrogens (tertiary/aromatic N) is 4. The maximum absolute atomic E-state index is 12.3. The van der Waals surface area contributed by atoms with Gasteiger partial charge < -0.3 is 14.2 Å². The number of benzene rings is 2. The lowest BCUT2D eigenvalue weighted by Crippen LogP contribution is -2.37. The van der Waals surface area contributed by atoms with Gasteiger partial charge in [0.2, 0.25) is 5.88 Å². The largest absolute Gasteiger partial charge is 0.483 e. The number of aryl methyl sites for hydroxylation is 1. The molecular formula is C27H23N5O4S. The van der Waals surface area contributed by atoms with Crippen molar-refractivity contribution in [3.63, 3.8) is 0 Å². The zero-order valence-electron chi connectivity index (χ0n) is 20.4. The number of carbonyl (C=O) groups is 1. The lowest BCUT2D eigenvalue weighted by Gasteiger charge is -2.23. The van der Waals surface area contributed by atoms with E-state index in [-0.39, 0.29) is 6.61 Å². The second-order valence-electron chi connectivity index (χ2n) is 9.17. The van der Waals surface area contributed by atoms with Gasteiger partial charge in [0.25, 0.3) is 0 Å². The average molecular weight is 514 g/mol. The molecule has 0 aliphatic carbocycles. The van der Waals surface area contributed by atoms with Crippen molar-refractivity contribution >= 4 is 44.4 Å². The molecule has 0 radical (unpaired) electrons. The lowest BCUT2D eigenvalue weighted by molar-refractivity contribution is 0.0336. The third kappa shape index (κ3) is 4.40. The van der Waals surface area contributed by atoms with Crippen molar-refractivity contribution in [3.05, 3.63) is 66.1 Å². The Morgan fingerprint density at radius 3 is 2.89 bits per heavy atom. The fourth-order valence-corrected chi connectivity index (χ4v) is 5.60. The summed E-state index contributed by atoms with van der Waals surface area (Å²) in [5, 5.41) is 3.53. The Hall–Kier alpha value is -4.31. The van der Waals surface area contributed by atoms with Crippen molar-refractivity contribution in [2.75, 3.05) is 19.0 Å². The first kappa shape index (κ1) is 23.1. The Kier molecular flexibility index (Phi) is 5.60. The Labute approximate surface area is 216 Å².